The van der Waals surface area contributed by atoms with Gasteiger partial charge in [0.2, 0.25) is 0 Å². The summed E-state index contributed by atoms with van der Waals surface area (Å²) < 4.78 is 5.21. The van der Waals surface area contributed by atoms with Gasteiger partial charge < -0.3 is 4.74 Å². The van der Waals surface area contributed by atoms with Crippen molar-refractivity contribution >= 4 is 17.5 Å². The van der Waals surface area contributed by atoms with Crippen LogP contribution in [-0.4, -0.2) is 49.4 Å². The van der Waals surface area contributed by atoms with Gasteiger partial charge in [0, 0.05) is 11.8 Å². The first-order valence-corrected chi connectivity index (χ1v) is 7.35. The van der Waals surface area contributed by atoms with Crippen molar-refractivity contribution in [2.45, 2.75) is 13.0 Å². The smallest absolute Gasteiger partial charge is 0.180 e. The van der Waals surface area contributed by atoms with E-state index in [1.54, 1.807) is 18.9 Å². The maximum absolute atomic E-state index is 12.2. The van der Waals surface area contributed by atoms with E-state index in [0.29, 0.717) is 23.9 Å². The lowest BCUT2D eigenvalue weighted by Gasteiger charge is -2.23. The standard InChI is InChI=1S/C14H21NO2S/c1-11(10-18-4)15(2)9-13(16)12-7-5-6-8-14(12)17-3/h5-8,11H,9-10H2,1-4H3. The van der Waals surface area contributed by atoms with Crippen molar-refractivity contribution in [2.75, 3.05) is 32.7 Å². The molecule has 1 aromatic rings. The number of ether oxygens (including phenoxy) is 1. The number of rotatable bonds is 7. The number of likely N-dealkylation sites (N-methyl/N-ethyl adjacent to an activating group) is 1. The van der Waals surface area contributed by atoms with Crippen molar-refractivity contribution in [2.24, 2.45) is 0 Å². The zero-order valence-electron chi connectivity index (χ0n) is 11.5. The molecule has 0 saturated carbocycles. The molecule has 3 nitrogen and oxygen atoms in total. The van der Waals surface area contributed by atoms with Gasteiger partial charge in [-0.3, -0.25) is 9.69 Å². The molecule has 1 rings (SSSR count). The minimum Gasteiger partial charge on any atom is -0.496 e. The molecule has 0 bridgehead atoms. The first-order valence-electron chi connectivity index (χ1n) is 5.95. The molecule has 4 heteroatoms. The molecule has 0 fully saturated rings. The van der Waals surface area contributed by atoms with E-state index in [0.717, 1.165) is 5.75 Å². The summed E-state index contributed by atoms with van der Waals surface area (Å²) in [7, 11) is 3.57. The van der Waals surface area contributed by atoms with Gasteiger partial charge in [-0.25, -0.2) is 0 Å². The summed E-state index contributed by atoms with van der Waals surface area (Å²) in [5, 5.41) is 0. The second-order valence-electron chi connectivity index (χ2n) is 4.34. The predicted molar refractivity (Wildman–Crippen MR) is 77.8 cm³/mol. The molecule has 0 saturated heterocycles. The molecule has 1 aromatic carbocycles. The molecule has 0 amide bonds. The number of Topliss-reactive ketones (excluding diaryl/α,β-unsaturated/α-hetero) is 1. The lowest BCUT2D eigenvalue weighted by atomic mass is 10.1. The van der Waals surface area contributed by atoms with Crippen LogP contribution in [0.5, 0.6) is 5.75 Å². The molecule has 18 heavy (non-hydrogen) atoms. The Morgan fingerprint density at radius 2 is 2.11 bits per heavy atom. The summed E-state index contributed by atoms with van der Waals surface area (Å²) in [4.78, 5) is 14.3. The van der Waals surface area contributed by atoms with Crippen LogP contribution in [0.3, 0.4) is 0 Å². The van der Waals surface area contributed by atoms with Gasteiger partial charge in [0.25, 0.3) is 0 Å². The number of carbonyl (C=O) groups is 1. The zero-order chi connectivity index (χ0) is 13.5. The Labute approximate surface area is 114 Å². The Bertz CT molecular complexity index is 395. The van der Waals surface area contributed by atoms with E-state index in [2.05, 4.69) is 18.1 Å². The normalized spacial score (nSPS) is 12.5. The fourth-order valence-electron chi connectivity index (χ4n) is 1.71. The van der Waals surface area contributed by atoms with Crippen molar-refractivity contribution < 1.29 is 9.53 Å². The van der Waals surface area contributed by atoms with E-state index in [1.807, 2.05) is 31.3 Å². The number of methoxy groups -OCH3 is 1. The van der Waals surface area contributed by atoms with E-state index in [9.17, 15) is 4.79 Å². The number of carbonyl (C=O) groups excluding carboxylic acids is 1. The summed E-state index contributed by atoms with van der Waals surface area (Å²) in [6, 6.07) is 7.75. The van der Waals surface area contributed by atoms with Crippen molar-refractivity contribution in [3.8, 4) is 5.75 Å². The highest BCUT2D eigenvalue weighted by Gasteiger charge is 2.16. The van der Waals surface area contributed by atoms with E-state index < -0.39 is 0 Å². The van der Waals surface area contributed by atoms with Crippen molar-refractivity contribution in [1.29, 1.82) is 0 Å². The van der Waals surface area contributed by atoms with Crippen LogP contribution in [0.1, 0.15) is 17.3 Å². The third kappa shape index (κ3) is 4.03. The van der Waals surface area contributed by atoms with Crippen LogP contribution >= 0.6 is 11.8 Å². The molecule has 0 radical (unpaired) electrons. The van der Waals surface area contributed by atoms with E-state index in [4.69, 9.17) is 4.74 Å². The first-order chi connectivity index (χ1) is 8.60. The predicted octanol–water partition coefficient (Wildman–Crippen LogP) is 2.56. The van der Waals surface area contributed by atoms with Gasteiger partial charge in [-0.2, -0.15) is 11.8 Å². The maximum Gasteiger partial charge on any atom is 0.180 e. The Kier molecular flexibility index (Phi) is 6.22. The molecule has 0 aliphatic heterocycles. The summed E-state index contributed by atoms with van der Waals surface area (Å²) in [5.74, 6) is 1.77. The SMILES string of the molecule is COc1ccccc1C(=O)CN(C)C(C)CSC. The Balaban J connectivity index is 2.70. The number of ketones is 1. The number of thioether (sulfide) groups is 1. The summed E-state index contributed by atoms with van der Waals surface area (Å²) >= 11 is 1.79. The molecule has 0 aromatic heterocycles. The highest BCUT2D eigenvalue weighted by atomic mass is 32.2. The average molecular weight is 267 g/mol. The molecule has 0 N–H and O–H groups in total. The van der Waals surface area contributed by atoms with Gasteiger partial charge in [0.05, 0.1) is 19.2 Å². The van der Waals surface area contributed by atoms with Crippen molar-refractivity contribution in [3.63, 3.8) is 0 Å². The maximum atomic E-state index is 12.2. The van der Waals surface area contributed by atoms with E-state index in [-0.39, 0.29) is 5.78 Å². The van der Waals surface area contributed by atoms with Gasteiger partial charge in [-0.05, 0) is 32.4 Å². The van der Waals surface area contributed by atoms with Gasteiger partial charge in [0.15, 0.2) is 5.78 Å². The largest absolute Gasteiger partial charge is 0.496 e. The highest BCUT2D eigenvalue weighted by molar-refractivity contribution is 7.98. The quantitative estimate of drug-likeness (QED) is 0.710. The number of hydrogen-bond acceptors (Lipinski definition) is 4. The topological polar surface area (TPSA) is 29.5 Å². The van der Waals surface area contributed by atoms with Crippen LogP contribution in [-0.2, 0) is 0 Å². The minimum absolute atomic E-state index is 0.0999. The Morgan fingerprint density at radius 3 is 2.72 bits per heavy atom. The molecule has 100 valence electrons. The van der Waals surface area contributed by atoms with Gasteiger partial charge in [-0.15, -0.1) is 0 Å². The first kappa shape index (κ1) is 15.1. The molecule has 1 atom stereocenters. The lowest BCUT2D eigenvalue weighted by molar-refractivity contribution is 0.0928. The van der Waals surface area contributed by atoms with Crippen molar-refractivity contribution in [3.05, 3.63) is 29.8 Å². The third-order valence-corrected chi connectivity index (χ3v) is 3.78. The van der Waals surface area contributed by atoms with E-state index >= 15 is 0 Å². The molecule has 0 aliphatic carbocycles. The van der Waals surface area contributed by atoms with Crippen LogP contribution in [0, 0.1) is 0 Å². The third-order valence-electron chi connectivity index (χ3n) is 2.96. The average Bonchev–Trinajstić information content (AvgIpc) is 2.38. The number of nitrogens with zero attached hydrogens (tertiary/aromatic N) is 1. The van der Waals surface area contributed by atoms with Gasteiger partial charge in [0.1, 0.15) is 5.75 Å². The Hall–Kier alpha value is -1.00. The second kappa shape index (κ2) is 7.44. The van der Waals surface area contributed by atoms with Crippen molar-refractivity contribution in [1.82, 2.24) is 4.90 Å². The molecule has 0 spiro atoms. The summed E-state index contributed by atoms with van der Waals surface area (Å²) in [6.45, 7) is 2.55. The highest BCUT2D eigenvalue weighted by Crippen LogP contribution is 2.18. The minimum atomic E-state index is 0.0999. The van der Waals surface area contributed by atoms with Crippen LogP contribution in [0.2, 0.25) is 0 Å². The fourth-order valence-corrected chi connectivity index (χ4v) is 2.45. The van der Waals surface area contributed by atoms with E-state index in [1.165, 1.54) is 0 Å². The molecule has 0 aliphatic rings. The van der Waals surface area contributed by atoms with Crippen LogP contribution in [0.4, 0.5) is 0 Å². The zero-order valence-corrected chi connectivity index (χ0v) is 12.3. The van der Waals surface area contributed by atoms with Crippen LogP contribution < -0.4 is 4.74 Å². The number of hydrogen-bond donors (Lipinski definition) is 0. The summed E-state index contributed by atoms with van der Waals surface area (Å²) in [5.41, 5.74) is 0.656. The number of benzene rings is 1. The second-order valence-corrected chi connectivity index (χ2v) is 5.25. The fraction of sp³-hybridized carbons (Fsp3) is 0.500. The molecular formula is C14H21NO2S. The lowest BCUT2D eigenvalue weighted by Crippen LogP contribution is -2.35. The molecule has 1 unspecified atom stereocenters. The molecular weight excluding hydrogens is 246 g/mol. The monoisotopic (exact) mass is 267 g/mol. The van der Waals surface area contributed by atoms with Crippen LogP contribution in [0.25, 0.3) is 0 Å². The number of para-hydroxylation sites is 1. The Morgan fingerprint density at radius 1 is 1.44 bits per heavy atom. The molecule has 0 heterocycles. The van der Waals surface area contributed by atoms with Gasteiger partial charge in [-0.1, -0.05) is 12.1 Å². The van der Waals surface area contributed by atoms with Gasteiger partial charge >= 0.3 is 0 Å². The van der Waals surface area contributed by atoms with Crippen LogP contribution in [0.15, 0.2) is 24.3 Å². The summed E-state index contributed by atoms with van der Waals surface area (Å²) in [6.07, 6.45) is 2.08.